The van der Waals surface area contributed by atoms with Crippen LogP contribution in [-0.2, 0) is 13.0 Å². The van der Waals surface area contributed by atoms with Gasteiger partial charge in [-0.15, -0.1) is 11.3 Å². The molecule has 0 aliphatic carbocycles. The average Bonchev–Trinajstić information content (AvgIpc) is 2.54. The van der Waals surface area contributed by atoms with Gasteiger partial charge in [0.25, 0.3) is 0 Å². The first kappa shape index (κ1) is 9.68. The van der Waals surface area contributed by atoms with Crippen molar-refractivity contribution in [2.24, 2.45) is 0 Å². The van der Waals surface area contributed by atoms with E-state index in [1.165, 1.54) is 10.6 Å². The molecule has 68 valence electrons. The fraction of sp³-hybridized carbons (Fsp3) is 0.667. The molecule has 12 heavy (non-hydrogen) atoms. The molecule has 1 aliphatic heterocycles. The summed E-state index contributed by atoms with van der Waals surface area (Å²) in [5.74, 6) is 0. The first-order valence-electron chi connectivity index (χ1n) is 4.46. The highest BCUT2D eigenvalue weighted by Gasteiger charge is 2.14. The molecular weight excluding hydrogens is 168 g/mol. The smallest absolute Gasteiger partial charge is 0.0798 e. The molecule has 1 aliphatic rings. The number of likely N-dealkylation sites (N-methyl/N-ethyl adjacent to an activating group) is 1. The first-order valence-corrected chi connectivity index (χ1v) is 5.34. The van der Waals surface area contributed by atoms with E-state index in [0.29, 0.717) is 0 Å². The second-order valence-corrected chi connectivity index (χ2v) is 3.65. The van der Waals surface area contributed by atoms with Crippen LogP contribution in [0.25, 0.3) is 0 Å². The van der Waals surface area contributed by atoms with Crippen molar-refractivity contribution in [3.05, 3.63) is 16.1 Å². The molecule has 0 saturated carbocycles. The van der Waals surface area contributed by atoms with E-state index in [4.69, 9.17) is 0 Å². The molecule has 0 radical (unpaired) electrons. The Morgan fingerprint density at radius 1 is 1.50 bits per heavy atom. The van der Waals surface area contributed by atoms with Crippen LogP contribution in [0.5, 0.6) is 0 Å². The maximum absolute atomic E-state index is 4.28. The minimum Gasteiger partial charge on any atom is -0.301 e. The van der Waals surface area contributed by atoms with Crippen molar-refractivity contribution in [1.82, 2.24) is 9.88 Å². The molecule has 2 nitrogen and oxygen atoms in total. The maximum atomic E-state index is 4.28. The molecule has 0 amide bonds. The second-order valence-electron chi connectivity index (χ2n) is 2.71. The van der Waals surface area contributed by atoms with Gasteiger partial charge >= 0.3 is 0 Å². The van der Waals surface area contributed by atoms with Crippen LogP contribution in [0.15, 0.2) is 5.51 Å². The quantitative estimate of drug-likeness (QED) is 0.614. The summed E-state index contributed by atoms with van der Waals surface area (Å²) in [4.78, 5) is 8.07. The Kier molecular flexibility index (Phi) is 3.69. The van der Waals surface area contributed by atoms with E-state index in [2.05, 4.69) is 16.9 Å². The fourth-order valence-corrected chi connectivity index (χ4v) is 2.14. The van der Waals surface area contributed by atoms with Gasteiger partial charge in [0.2, 0.25) is 0 Å². The molecule has 1 aromatic heterocycles. The summed E-state index contributed by atoms with van der Waals surface area (Å²) in [7, 11) is 2.16. The molecule has 0 atom stereocenters. The van der Waals surface area contributed by atoms with E-state index in [0.717, 1.165) is 19.5 Å². The van der Waals surface area contributed by atoms with E-state index in [-0.39, 0.29) is 0 Å². The van der Waals surface area contributed by atoms with E-state index in [1.807, 2.05) is 19.4 Å². The lowest BCUT2D eigenvalue weighted by Crippen LogP contribution is -2.25. The SMILES string of the molecule is CC.CN1CCc2ncsc2C1. The monoisotopic (exact) mass is 184 g/mol. The molecule has 0 unspecified atom stereocenters. The predicted molar refractivity (Wildman–Crippen MR) is 53.5 cm³/mol. The summed E-state index contributed by atoms with van der Waals surface area (Å²) in [5, 5.41) is 0. The molecule has 0 N–H and O–H groups in total. The number of aromatic nitrogens is 1. The molecule has 1 aromatic rings. The van der Waals surface area contributed by atoms with Crippen LogP contribution >= 0.6 is 11.3 Å². The van der Waals surface area contributed by atoms with Crippen LogP contribution in [-0.4, -0.2) is 23.5 Å². The third-order valence-electron chi connectivity index (χ3n) is 1.87. The largest absolute Gasteiger partial charge is 0.301 e. The summed E-state index contributed by atoms with van der Waals surface area (Å²) in [5.41, 5.74) is 3.27. The van der Waals surface area contributed by atoms with Crippen molar-refractivity contribution in [2.75, 3.05) is 13.6 Å². The average molecular weight is 184 g/mol. The van der Waals surface area contributed by atoms with Crippen LogP contribution in [0.1, 0.15) is 24.4 Å². The number of fused-ring (bicyclic) bond motifs is 1. The third kappa shape index (κ3) is 2.05. The highest BCUT2D eigenvalue weighted by Crippen LogP contribution is 2.19. The lowest BCUT2D eigenvalue weighted by Gasteiger charge is -2.20. The standard InChI is InChI=1S/C7H10N2S.C2H6/c1-9-3-2-6-7(4-9)10-5-8-6;1-2/h5H,2-4H2,1H3;1-2H3. The van der Waals surface area contributed by atoms with Gasteiger partial charge in [0.15, 0.2) is 0 Å². The molecule has 0 bridgehead atoms. The number of thiazole rings is 1. The van der Waals surface area contributed by atoms with Gasteiger partial charge in [-0.3, -0.25) is 0 Å². The topological polar surface area (TPSA) is 16.1 Å². The van der Waals surface area contributed by atoms with E-state index >= 15 is 0 Å². The van der Waals surface area contributed by atoms with E-state index < -0.39 is 0 Å². The lowest BCUT2D eigenvalue weighted by molar-refractivity contribution is 0.314. The Labute approximate surface area is 78.2 Å². The lowest BCUT2D eigenvalue weighted by atomic mass is 10.2. The maximum Gasteiger partial charge on any atom is 0.0798 e. The fourth-order valence-electron chi connectivity index (χ4n) is 1.25. The number of nitrogens with zero attached hydrogens (tertiary/aromatic N) is 2. The summed E-state index contributed by atoms with van der Waals surface area (Å²) >= 11 is 1.78. The van der Waals surface area contributed by atoms with Crippen LogP contribution in [0.2, 0.25) is 0 Å². The van der Waals surface area contributed by atoms with Crippen molar-refractivity contribution in [3.8, 4) is 0 Å². The van der Waals surface area contributed by atoms with Crippen molar-refractivity contribution < 1.29 is 0 Å². The van der Waals surface area contributed by atoms with Gasteiger partial charge in [0.05, 0.1) is 11.2 Å². The number of hydrogen-bond acceptors (Lipinski definition) is 3. The summed E-state index contributed by atoms with van der Waals surface area (Å²) in [6.07, 6.45) is 1.13. The first-order chi connectivity index (χ1) is 5.86. The molecule has 3 heteroatoms. The second kappa shape index (κ2) is 4.58. The number of hydrogen-bond donors (Lipinski definition) is 0. The Morgan fingerprint density at radius 3 is 3.00 bits per heavy atom. The zero-order chi connectivity index (χ0) is 8.97. The van der Waals surface area contributed by atoms with Gasteiger partial charge in [-0.25, -0.2) is 4.98 Å². The molecule has 0 fully saturated rings. The molecular formula is C9H16N2S. The molecule has 2 rings (SSSR count). The molecule has 2 heterocycles. The minimum absolute atomic E-state index is 1.10. The van der Waals surface area contributed by atoms with Crippen molar-refractivity contribution in [3.63, 3.8) is 0 Å². The summed E-state index contributed by atoms with van der Waals surface area (Å²) in [6, 6.07) is 0. The zero-order valence-electron chi connectivity index (χ0n) is 8.00. The minimum atomic E-state index is 1.10. The third-order valence-corrected chi connectivity index (χ3v) is 2.73. The Morgan fingerprint density at radius 2 is 2.25 bits per heavy atom. The van der Waals surface area contributed by atoms with Gasteiger partial charge in [0, 0.05) is 24.4 Å². The highest BCUT2D eigenvalue weighted by molar-refractivity contribution is 7.09. The normalized spacial score (nSPS) is 16.2. The Balaban J connectivity index is 0.000000336. The van der Waals surface area contributed by atoms with Gasteiger partial charge in [-0.1, -0.05) is 13.8 Å². The predicted octanol–water partition coefficient (Wildman–Crippen LogP) is 2.16. The Hall–Kier alpha value is -0.410. The highest BCUT2D eigenvalue weighted by atomic mass is 32.1. The molecule has 0 spiro atoms. The van der Waals surface area contributed by atoms with Crippen molar-refractivity contribution in [2.45, 2.75) is 26.8 Å². The van der Waals surface area contributed by atoms with Gasteiger partial charge < -0.3 is 4.90 Å². The van der Waals surface area contributed by atoms with Crippen LogP contribution in [0.3, 0.4) is 0 Å². The molecule has 0 saturated heterocycles. The van der Waals surface area contributed by atoms with Crippen LogP contribution < -0.4 is 0 Å². The number of rotatable bonds is 0. The van der Waals surface area contributed by atoms with Gasteiger partial charge in [0.1, 0.15) is 0 Å². The van der Waals surface area contributed by atoms with Crippen LogP contribution in [0.4, 0.5) is 0 Å². The van der Waals surface area contributed by atoms with Crippen LogP contribution in [0, 0.1) is 0 Å². The summed E-state index contributed by atoms with van der Waals surface area (Å²) in [6.45, 7) is 6.26. The van der Waals surface area contributed by atoms with Crippen molar-refractivity contribution >= 4 is 11.3 Å². The van der Waals surface area contributed by atoms with E-state index in [9.17, 15) is 0 Å². The van der Waals surface area contributed by atoms with E-state index in [1.54, 1.807) is 11.3 Å². The zero-order valence-corrected chi connectivity index (χ0v) is 8.82. The molecule has 0 aromatic carbocycles. The van der Waals surface area contributed by atoms with Gasteiger partial charge in [-0.2, -0.15) is 0 Å². The van der Waals surface area contributed by atoms with Gasteiger partial charge in [-0.05, 0) is 7.05 Å². The summed E-state index contributed by atoms with van der Waals surface area (Å²) < 4.78 is 0. The Bertz CT molecular complexity index is 232. The van der Waals surface area contributed by atoms with Crippen molar-refractivity contribution in [1.29, 1.82) is 0 Å².